The number of carbonyl (C=O) groups excluding carboxylic acids is 1. The molecule has 0 aromatic heterocycles. The number of ether oxygens (including phenoxy) is 2. The Bertz CT molecular complexity index is 602. The third kappa shape index (κ3) is 4.00. The second-order valence-corrected chi connectivity index (χ2v) is 6.62. The SMILES string of the molecule is O=C(/C=C/c1cc(Br)ccc1F)N1CCCC[C@H]1C1OCCO1. The van der Waals surface area contributed by atoms with Crippen LogP contribution in [0.2, 0.25) is 0 Å². The van der Waals surface area contributed by atoms with Gasteiger partial charge in [-0.3, -0.25) is 4.79 Å². The first kappa shape index (κ1) is 16.6. The second-order valence-electron chi connectivity index (χ2n) is 5.70. The van der Waals surface area contributed by atoms with Gasteiger partial charge in [-0.1, -0.05) is 15.9 Å². The molecular weight excluding hydrogens is 365 g/mol. The number of likely N-dealkylation sites (tertiary alicyclic amines) is 1. The number of piperidine rings is 1. The zero-order valence-corrected chi connectivity index (χ0v) is 14.3. The Morgan fingerprint density at radius 2 is 2.09 bits per heavy atom. The topological polar surface area (TPSA) is 38.8 Å². The molecule has 1 aromatic carbocycles. The summed E-state index contributed by atoms with van der Waals surface area (Å²) >= 11 is 3.31. The summed E-state index contributed by atoms with van der Waals surface area (Å²) in [6, 6.07) is 4.59. The summed E-state index contributed by atoms with van der Waals surface area (Å²) in [5, 5.41) is 0. The van der Waals surface area contributed by atoms with Crippen molar-refractivity contribution in [2.24, 2.45) is 0 Å². The molecule has 2 aliphatic rings. The van der Waals surface area contributed by atoms with Crippen molar-refractivity contribution in [1.29, 1.82) is 0 Å². The largest absolute Gasteiger partial charge is 0.348 e. The van der Waals surface area contributed by atoms with Gasteiger partial charge in [-0.2, -0.15) is 0 Å². The lowest BCUT2D eigenvalue weighted by Crippen LogP contribution is -2.49. The van der Waals surface area contributed by atoms with E-state index in [1.807, 2.05) is 0 Å². The smallest absolute Gasteiger partial charge is 0.247 e. The summed E-state index contributed by atoms with van der Waals surface area (Å²) in [6.45, 7) is 1.82. The predicted molar refractivity (Wildman–Crippen MR) is 88.2 cm³/mol. The van der Waals surface area contributed by atoms with E-state index in [1.165, 1.54) is 18.2 Å². The molecule has 0 saturated carbocycles. The van der Waals surface area contributed by atoms with Crippen LogP contribution in [0.3, 0.4) is 0 Å². The van der Waals surface area contributed by atoms with E-state index in [-0.39, 0.29) is 24.1 Å². The van der Waals surface area contributed by atoms with Crippen LogP contribution in [-0.4, -0.2) is 42.9 Å². The molecule has 23 heavy (non-hydrogen) atoms. The van der Waals surface area contributed by atoms with E-state index in [0.717, 1.165) is 23.7 Å². The van der Waals surface area contributed by atoms with Gasteiger partial charge in [-0.25, -0.2) is 4.39 Å². The molecule has 124 valence electrons. The van der Waals surface area contributed by atoms with Crippen LogP contribution in [0.15, 0.2) is 28.7 Å². The van der Waals surface area contributed by atoms with Gasteiger partial charge in [0.15, 0.2) is 6.29 Å². The number of halogens is 2. The summed E-state index contributed by atoms with van der Waals surface area (Å²) in [5.74, 6) is -0.483. The molecule has 2 aliphatic heterocycles. The molecule has 0 unspecified atom stereocenters. The minimum absolute atomic E-state index is 0.0595. The molecule has 2 fully saturated rings. The van der Waals surface area contributed by atoms with Crippen LogP contribution in [0.25, 0.3) is 6.08 Å². The molecule has 0 spiro atoms. The first-order valence-corrected chi connectivity index (χ1v) is 8.61. The fourth-order valence-electron chi connectivity index (χ4n) is 3.01. The predicted octanol–water partition coefficient (Wildman–Crippen LogP) is 3.36. The molecule has 1 aromatic rings. The van der Waals surface area contributed by atoms with Crippen molar-refractivity contribution in [3.63, 3.8) is 0 Å². The van der Waals surface area contributed by atoms with Gasteiger partial charge in [0, 0.05) is 22.7 Å². The van der Waals surface area contributed by atoms with E-state index in [0.29, 0.717) is 25.3 Å². The zero-order valence-electron chi connectivity index (χ0n) is 12.7. The lowest BCUT2D eigenvalue weighted by Gasteiger charge is -2.37. The lowest BCUT2D eigenvalue weighted by molar-refractivity contribution is -0.145. The quantitative estimate of drug-likeness (QED) is 0.751. The molecule has 4 nitrogen and oxygen atoms in total. The van der Waals surface area contributed by atoms with Crippen molar-refractivity contribution >= 4 is 27.9 Å². The van der Waals surface area contributed by atoms with Crippen LogP contribution in [-0.2, 0) is 14.3 Å². The number of benzene rings is 1. The maximum atomic E-state index is 13.7. The molecule has 3 rings (SSSR count). The molecule has 0 N–H and O–H groups in total. The minimum Gasteiger partial charge on any atom is -0.348 e. The molecule has 2 heterocycles. The second kappa shape index (κ2) is 7.55. The number of amides is 1. The van der Waals surface area contributed by atoms with Crippen molar-refractivity contribution in [2.45, 2.75) is 31.6 Å². The van der Waals surface area contributed by atoms with Crippen LogP contribution in [0.1, 0.15) is 24.8 Å². The highest BCUT2D eigenvalue weighted by molar-refractivity contribution is 9.10. The Labute approximate surface area is 143 Å². The average Bonchev–Trinajstić information content (AvgIpc) is 3.10. The Kier molecular flexibility index (Phi) is 5.46. The highest BCUT2D eigenvalue weighted by Crippen LogP contribution is 2.25. The molecule has 0 bridgehead atoms. The van der Waals surface area contributed by atoms with Crippen molar-refractivity contribution in [2.75, 3.05) is 19.8 Å². The lowest BCUT2D eigenvalue weighted by atomic mass is 10.0. The van der Waals surface area contributed by atoms with Gasteiger partial charge in [0.2, 0.25) is 5.91 Å². The molecule has 0 radical (unpaired) electrons. The van der Waals surface area contributed by atoms with Crippen molar-refractivity contribution in [3.8, 4) is 0 Å². The van der Waals surface area contributed by atoms with E-state index < -0.39 is 0 Å². The zero-order chi connectivity index (χ0) is 16.2. The van der Waals surface area contributed by atoms with Gasteiger partial charge < -0.3 is 14.4 Å². The van der Waals surface area contributed by atoms with Crippen LogP contribution < -0.4 is 0 Å². The van der Waals surface area contributed by atoms with E-state index in [2.05, 4.69) is 15.9 Å². The highest BCUT2D eigenvalue weighted by atomic mass is 79.9. The van der Waals surface area contributed by atoms with Crippen LogP contribution in [0.4, 0.5) is 4.39 Å². The van der Waals surface area contributed by atoms with Crippen LogP contribution >= 0.6 is 15.9 Å². The number of carbonyl (C=O) groups is 1. The maximum absolute atomic E-state index is 13.7. The number of hydrogen-bond acceptors (Lipinski definition) is 3. The van der Waals surface area contributed by atoms with Gasteiger partial charge in [-0.05, 0) is 43.5 Å². The van der Waals surface area contributed by atoms with Crippen LogP contribution in [0.5, 0.6) is 0 Å². The normalized spacial score (nSPS) is 22.9. The summed E-state index contributed by atoms with van der Waals surface area (Å²) < 4.78 is 25.6. The third-order valence-corrected chi connectivity index (χ3v) is 4.65. The Balaban J connectivity index is 1.72. The minimum atomic E-state index is -0.352. The number of rotatable bonds is 3. The van der Waals surface area contributed by atoms with Gasteiger partial charge in [-0.15, -0.1) is 0 Å². The maximum Gasteiger partial charge on any atom is 0.247 e. The summed E-state index contributed by atoms with van der Waals surface area (Å²) in [4.78, 5) is 14.3. The monoisotopic (exact) mass is 383 g/mol. The van der Waals surface area contributed by atoms with Crippen LogP contribution in [0, 0.1) is 5.82 Å². The summed E-state index contributed by atoms with van der Waals surface area (Å²) in [7, 11) is 0. The Hall–Kier alpha value is -1.24. The van der Waals surface area contributed by atoms with Gasteiger partial charge in [0.1, 0.15) is 5.82 Å². The molecule has 0 aliphatic carbocycles. The fraction of sp³-hybridized carbons (Fsp3) is 0.471. The fourth-order valence-corrected chi connectivity index (χ4v) is 3.39. The van der Waals surface area contributed by atoms with E-state index >= 15 is 0 Å². The van der Waals surface area contributed by atoms with Crippen molar-refractivity contribution in [3.05, 3.63) is 40.1 Å². The summed E-state index contributed by atoms with van der Waals surface area (Å²) in [6.07, 6.45) is 5.50. The first-order valence-electron chi connectivity index (χ1n) is 7.82. The van der Waals surface area contributed by atoms with E-state index in [1.54, 1.807) is 17.0 Å². The third-order valence-electron chi connectivity index (χ3n) is 4.16. The molecule has 2 saturated heterocycles. The highest BCUT2D eigenvalue weighted by Gasteiger charge is 2.35. The average molecular weight is 384 g/mol. The van der Waals surface area contributed by atoms with E-state index in [9.17, 15) is 9.18 Å². The Morgan fingerprint density at radius 3 is 2.87 bits per heavy atom. The molecule has 1 amide bonds. The number of nitrogens with zero attached hydrogens (tertiary/aromatic N) is 1. The molecular formula is C17H19BrFNO3. The first-order chi connectivity index (χ1) is 11.1. The standard InChI is InChI=1S/C17H19BrFNO3/c18-13-5-6-14(19)12(11-13)4-7-16(21)20-8-2-1-3-15(20)17-22-9-10-23-17/h4-7,11,15,17H,1-3,8-10H2/b7-4+/t15-/m0/s1. The molecule has 6 heteroatoms. The van der Waals surface area contributed by atoms with Crippen molar-refractivity contribution in [1.82, 2.24) is 4.90 Å². The molecule has 1 atom stereocenters. The van der Waals surface area contributed by atoms with Gasteiger partial charge in [0.05, 0.1) is 19.3 Å². The van der Waals surface area contributed by atoms with Crippen molar-refractivity contribution < 1.29 is 18.7 Å². The Morgan fingerprint density at radius 1 is 1.30 bits per heavy atom. The summed E-state index contributed by atoms with van der Waals surface area (Å²) in [5.41, 5.74) is 0.384. The van der Waals surface area contributed by atoms with Gasteiger partial charge >= 0.3 is 0 Å². The van der Waals surface area contributed by atoms with E-state index in [4.69, 9.17) is 9.47 Å². The number of hydrogen-bond donors (Lipinski definition) is 0. The van der Waals surface area contributed by atoms with Gasteiger partial charge in [0.25, 0.3) is 0 Å².